The third-order valence-corrected chi connectivity index (χ3v) is 7.39. The van der Waals surface area contributed by atoms with Crippen LogP contribution in [0.4, 0.5) is 17.2 Å². The molecule has 1 amide bonds. The first-order valence-corrected chi connectivity index (χ1v) is 13.7. The molecule has 0 radical (unpaired) electrons. The second-order valence-electron chi connectivity index (χ2n) is 8.77. The number of benzene rings is 3. The summed E-state index contributed by atoms with van der Waals surface area (Å²) in [5, 5.41) is 5.81. The Morgan fingerprint density at radius 3 is 2.13 bits per heavy atom. The molecule has 0 aliphatic heterocycles. The van der Waals surface area contributed by atoms with Crippen LogP contribution < -0.4 is 20.1 Å². The number of sulfone groups is 1. The number of carbonyl (C=O) groups excluding carboxylic acids is 2. The number of para-hydroxylation sites is 2. The van der Waals surface area contributed by atoms with Gasteiger partial charge in [-0.05, 0) is 37.3 Å². The lowest BCUT2D eigenvalue weighted by Crippen LogP contribution is -2.14. The largest absolute Gasteiger partial charge is 0.497 e. The molecule has 39 heavy (non-hydrogen) atoms. The molecular weight excluding hydrogens is 520 g/mol. The van der Waals surface area contributed by atoms with Crippen molar-refractivity contribution in [3.63, 3.8) is 0 Å². The van der Waals surface area contributed by atoms with E-state index in [0.29, 0.717) is 33.9 Å². The number of amides is 1. The van der Waals surface area contributed by atoms with Crippen molar-refractivity contribution in [1.82, 2.24) is 9.97 Å². The van der Waals surface area contributed by atoms with Crippen LogP contribution in [-0.4, -0.2) is 44.3 Å². The van der Waals surface area contributed by atoms with Crippen molar-refractivity contribution in [2.45, 2.75) is 30.4 Å². The number of fused-ring (bicyclic) bond motifs is 1. The van der Waals surface area contributed by atoms with Gasteiger partial charge in [-0.1, -0.05) is 18.2 Å². The van der Waals surface area contributed by atoms with Crippen LogP contribution in [0.2, 0.25) is 0 Å². The summed E-state index contributed by atoms with van der Waals surface area (Å²) in [4.78, 5) is 32.6. The van der Waals surface area contributed by atoms with Gasteiger partial charge in [0.15, 0.2) is 15.7 Å². The Labute approximate surface area is 226 Å². The molecule has 202 valence electrons. The Kier molecular flexibility index (Phi) is 8.40. The van der Waals surface area contributed by atoms with Crippen LogP contribution in [0.1, 0.15) is 25.5 Å². The minimum Gasteiger partial charge on any atom is -0.497 e. The van der Waals surface area contributed by atoms with Gasteiger partial charge in [0.05, 0.1) is 35.8 Å². The molecule has 0 fully saturated rings. The second kappa shape index (κ2) is 11.9. The zero-order chi connectivity index (χ0) is 28.0. The fourth-order valence-electron chi connectivity index (χ4n) is 3.80. The van der Waals surface area contributed by atoms with E-state index < -0.39 is 15.6 Å². The van der Waals surface area contributed by atoms with E-state index in [4.69, 9.17) is 9.47 Å². The predicted molar refractivity (Wildman–Crippen MR) is 148 cm³/mol. The lowest BCUT2D eigenvalue weighted by Gasteiger charge is -2.14. The highest BCUT2D eigenvalue weighted by Crippen LogP contribution is 2.30. The minimum atomic E-state index is -3.90. The van der Waals surface area contributed by atoms with Crippen molar-refractivity contribution in [2.24, 2.45) is 0 Å². The summed E-state index contributed by atoms with van der Waals surface area (Å²) in [6.07, 6.45) is 0.127. The number of aromatic nitrogens is 2. The van der Waals surface area contributed by atoms with Crippen molar-refractivity contribution >= 4 is 49.8 Å². The summed E-state index contributed by atoms with van der Waals surface area (Å²) < 4.78 is 37.7. The van der Waals surface area contributed by atoms with E-state index >= 15 is 0 Å². The first-order valence-electron chi connectivity index (χ1n) is 12.0. The van der Waals surface area contributed by atoms with Crippen LogP contribution in [0.25, 0.3) is 11.0 Å². The number of hydrogen-bond acceptors (Lipinski definition) is 9. The van der Waals surface area contributed by atoms with Gasteiger partial charge < -0.3 is 24.9 Å². The number of hydrogen-bond donors (Lipinski definition) is 2. The van der Waals surface area contributed by atoms with Gasteiger partial charge in [-0.25, -0.2) is 18.4 Å². The minimum absolute atomic E-state index is 0.0100. The van der Waals surface area contributed by atoms with E-state index in [0.717, 1.165) is 0 Å². The molecular formula is C28H28N4O6S. The molecule has 0 aliphatic rings. The lowest BCUT2D eigenvalue weighted by atomic mass is 10.2. The van der Waals surface area contributed by atoms with Gasteiger partial charge in [0.1, 0.15) is 23.0 Å². The molecule has 10 nitrogen and oxygen atoms in total. The summed E-state index contributed by atoms with van der Waals surface area (Å²) in [6, 6.07) is 18.3. The lowest BCUT2D eigenvalue weighted by molar-refractivity contribution is -0.121. The molecule has 0 unspecified atom stereocenters. The van der Waals surface area contributed by atoms with Crippen molar-refractivity contribution in [1.29, 1.82) is 0 Å². The normalized spacial score (nSPS) is 11.2. The molecule has 4 rings (SSSR count). The van der Waals surface area contributed by atoms with Gasteiger partial charge in [-0.2, -0.15) is 0 Å². The summed E-state index contributed by atoms with van der Waals surface area (Å²) in [5.41, 5.74) is 2.24. The summed E-state index contributed by atoms with van der Waals surface area (Å²) >= 11 is 0. The molecule has 0 bridgehead atoms. The molecule has 11 heteroatoms. The van der Waals surface area contributed by atoms with Gasteiger partial charge >= 0.3 is 0 Å². The van der Waals surface area contributed by atoms with Crippen LogP contribution in [-0.2, 0) is 25.2 Å². The molecule has 0 spiro atoms. The molecule has 4 aromatic rings. The summed E-state index contributed by atoms with van der Waals surface area (Å²) in [5.74, 6) is 0.427. The van der Waals surface area contributed by atoms with E-state index in [1.165, 1.54) is 33.3 Å². The SMILES string of the molecule is COc1cc(Nc2nc3ccccc3nc2CS(=O)(=O)c2cccc(NC(=O)CCC(C)=O)c2)cc(OC)c1. The number of carbonyl (C=O) groups is 2. The van der Waals surface area contributed by atoms with Crippen LogP contribution in [0.5, 0.6) is 11.5 Å². The monoisotopic (exact) mass is 548 g/mol. The quantitative estimate of drug-likeness (QED) is 0.274. The smallest absolute Gasteiger partial charge is 0.224 e. The van der Waals surface area contributed by atoms with E-state index in [1.807, 2.05) is 6.07 Å². The molecule has 1 heterocycles. The number of ether oxygens (including phenoxy) is 2. The third-order valence-electron chi connectivity index (χ3n) is 5.76. The number of nitrogens with one attached hydrogen (secondary N) is 2. The fourth-order valence-corrected chi connectivity index (χ4v) is 5.12. The standard InChI is InChI=1S/C28H28N4O6S/c1-18(33)11-12-27(34)29-19-7-6-8-23(15-19)39(35,36)17-26-28(32-25-10-5-4-9-24(25)31-26)30-20-13-21(37-2)16-22(14-20)38-3/h4-10,13-16H,11-12,17H2,1-3H3,(H,29,34)(H,30,32). The molecule has 0 atom stereocenters. The molecule has 0 aliphatic carbocycles. The Balaban J connectivity index is 1.67. The van der Waals surface area contributed by atoms with Gasteiger partial charge in [-0.15, -0.1) is 0 Å². The number of methoxy groups -OCH3 is 2. The molecule has 2 N–H and O–H groups in total. The highest BCUT2D eigenvalue weighted by molar-refractivity contribution is 7.90. The molecule has 1 aromatic heterocycles. The van der Waals surface area contributed by atoms with E-state index in [9.17, 15) is 18.0 Å². The van der Waals surface area contributed by atoms with Gasteiger partial charge in [0.2, 0.25) is 5.91 Å². The fraction of sp³-hybridized carbons (Fsp3) is 0.214. The average Bonchev–Trinajstić information content (AvgIpc) is 2.92. The van der Waals surface area contributed by atoms with Gasteiger partial charge in [-0.3, -0.25) is 4.79 Å². The number of ketones is 1. The van der Waals surface area contributed by atoms with Gasteiger partial charge in [0, 0.05) is 42.4 Å². The van der Waals surface area contributed by atoms with E-state index in [-0.39, 0.29) is 40.9 Å². The predicted octanol–water partition coefficient (Wildman–Crippen LogP) is 4.67. The number of nitrogens with zero attached hydrogens (tertiary/aromatic N) is 2. The van der Waals surface area contributed by atoms with E-state index in [2.05, 4.69) is 20.6 Å². The summed E-state index contributed by atoms with van der Waals surface area (Å²) in [6.45, 7) is 1.41. The van der Waals surface area contributed by atoms with Crippen LogP contribution in [0.3, 0.4) is 0 Å². The second-order valence-corrected chi connectivity index (χ2v) is 10.8. The van der Waals surface area contributed by atoms with Gasteiger partial charge in [0.25, 0.3) is 0 Å². The third kappa shape index (κ3) is 7.08. The Morgan fingerprint density at radius 2 is 1.49 bits per heavy atom. The first-order chi connectivity index (χ1) is 18.7. The highest BCUT2D eigenvalue weighted by Gasteiger charge is 2.21. The Bertz CT molecular complexity index is 1620. The zero-order valence-corrected chi connectivity index (χ0v) is 22.5. The maximum Gasteiger partial charge on any atom is 0.224 e. The number of anilines is 3. The van der Waals surface area contributed by atoms with E-state index in [1.54, 1.807) is 48.5 Å². The van der Waals surface area contributed by atoms with Crippen molar-refractivity contribution < 1.29 is 27.5 Å². The number of rotatable bonds is 11. The maximum atomic E-state index is 13.5. The molecule has 0 saturated heterocycles. The first kappa shape index (κ1) is 27.5. The van der Waals surface area contributed by atoms with Crippen molar-refractivity contribution in [2.75, 3.05) is 24.9 Å². The van der Waals surface area contributed by atoms with Crippen molar-refractivity contribution in [3.05, 3.63) is 72.4 Å². The summed E-state index contributed by atoms with van der Waals surface area (Å²) in [7, 11) is -0.836. The topological polar surface area (TPSA) is 137 Å². The Morgan fingerprint density at radius 1 is 0.821 bits per heavy atom. The van der Waals surface area contributed by atoms with Crippen molar-refractivity contribution in [3.8, 4) is 11.5 Å². The zero-order valence-electron chi connectivity index (χ0n) is 21.7. The van der Waals surface area contributed by atoms with Crippen LogP contribution >= 0.6 is 0 Å². The molecule has 3 aromatic carbocycles. The Hall–Kier alpha value is -4.51. The van der Waals surface area contributed by atoms with Crippen LogP contribution in [0.15, 0.2) is 71.6 Å². The molecule has 0 saturated carbocycles. The maximum absolute atomic E-state index is 13.5. The number of Topliss-reactive ketones (excluding diaryl/α,β-unsaturated/α-hetero) is 1. The highest BCUT2D eigenvalue weighted by atomic mass is 32.2. The average molecular weight is 549 g/mol. The van der Waals surface area contributed by atoms with Crippen LogP contribution in [0, 0.1) is 0 Å².